The Balaban J connectivity index is 4.31. The number of carbonyl (C=O) groups is 3. The molecule has 1 unspecified atom stereocenters. The third-order valence-electron chi connectivity index (χ3n) is 14.9. The normalized spacial score (nSPS) is 12.2. The van der Waals surface area contributed by atoms with Crippen molar-refractivity contribution in [1.29, 1.82) is 0 Å². The van der Waals surface area contributed by atoms with Gasteiger partial charge in [0, 0.05) is 19.3 Å². The van der Waals surface area contributed by atoms with Crippen molar-refractivity contribution in [3.63, 3.8) is 0 Å². The highest BCUT2D eigenvalue weighted by Crippen LogP contribution is 2.18. The van der Waals surface area contributed by atoms with Crippen molar-refractivity contribution in [2.24, 2.45) is 0 Å². The third kappa shape index (κ3) is 60.5. The molecule has 0 radical (unpaired) electrons. The summed E-state index contributed by atoms with van der Waals surface area (Å²) in [6.07, 6.45) is 77.2. The zero-order valence-corrected chi connectivity index (χ0v) is 49.9. The second-order valence-electron chi connectivity index (χ2n) is 22.4. The molecule has 0 saturated carbocycles. The highest BCUT2D eigenvalue weighted by Gasteiger charge is 2.19. The molecule has 0 amide bonds. The van der Waals surface area contributed by atoms with Crippen LogP contribution >= 0.6 is 0 Å². The first-order chi connectivity index (χ1) is 36.5. The van der Waals surface area contributed by atoms with E-state index < -0.39 is 6.10 Å². The van der Waals surface area contributed by atoms with Gasteiger partial charge < -0.3 is 14.2 Å². The molecule has 0 aromatic heterocycles. The van der Waals surface area contributed by atoms with Gasteiger partial charge in [0.25, 0.3) is 0 Å². The smallest absolute Gasteiger partial charge is 0.306 e. The average molecular weight is 1040 g/mol. The molecule has 0 aromatic carbocycles. The minimum absolute atomic E-state index is 0.0720. The zero-order valence-electron chi connectivity index (χ0n) is 49.9. The Labute approximate surface area is 461 Å². The van der Waals surface area contributed by atoms with Gasteiger partial charge in [-0.05, 0) is 57.8 Å². The van der Waals surface area contributed by atoms with Crippen LogP contribution in [-0.2, 0) is 28.6 Å². The van der Waals surface area contributed by atoms with Crippen molar-refractivity contribution in [1.82, 2.24) is 0 Å². The number of esters is 3. The van der Waals surface area contributed by atoms with Crippen molar-refractivity contribution >= 4 is 17.9 Å². The lowest BCUT2D eigenvalue weighted by Crippen LogP contribution is -2.30. The number of hydrogen-bond donors (Lipinski definition) is 0. The molecule has 0 aliphatic heterocycles. The van der Waals surface area contributed by atoms with Crippen molar-refractivity contribution in [3.8, 4) is 0 Å². The van der Waals surface area contributed by atoms with E-state index in [-0.39, 0.29) is 31.1 Å². The summed E-state index contributed by atoms with van der Waals surface area (Å²) < 4.78 is 17.0. The minimum Gasteiger partial charge on any atom is -0.462 e. The number of allylic oxidation sites excluding steroid dienone is 6. The predicted octanol–water partition coefficient (Wildman–Crippen LogP) is 22.4. The van der Waals surface area contributed by atoms with Crippen LogP contribution in [-0.4, -0.2) is 37.2 Å². The zero-order chi connectivity index (χ0) is 53.6. The molecule has 0 aliphatic carbocycles. The maximum atomic E-state index is 12.9. The minimum atomic E-state index is -0.776. The second-order valence-corrected chi connectivity index (χ2v) is 22.4. The molecule has 6 heteroatoms. The Kier molecular flexibility index (Phi) is 61.1. The molecule has 74 heavy (non-hydrogen) atoms. The Hall–Kier alpha value is -2.37. The number of rotatable bonds is 61. The Bertz CT molecular complexity index is 1240. The van der Waals surface area contributed by atoms with Gasteiger partial charge >= 0.3 is 17.9 Å². The van der Waals surface area contributed by atoms with Gasteiger partial charge in [0.15, 0.2) is 6.10 Å². The van der Waals surface area contributed by atoms with Crippen molar-refractivity contribution in [2.75, 3.05) is 13.2 Å². The molecule has 434 valence electrons. The summed E-state index contributed by atoms with van der Waals surface area (Å²) in [6, 6.07) is 0. The fourth-order valence-corrected chi connectivity index (χ4v) is 9.92. The van der Waals surface area contributed by atoms with Gasteiger partial charge in [0.1, 0.15) is 13.2 Å². The monoisotopic (exact) mass is 1040 g/mol. The van der Waals surface area contributed by atoms with Crippen LogP contribution in [0.5, 0.6) is 0 Å². The fourth-order valence-electron chi connectivity index (χ4n) is 9.92. The highest BCUT2D eigenvalue weighted by atomic mass is 16.6. The van der Waals surface area contributed by atoms with E-state index in [9.17, 15) is 14.4 Å². The van der Waals surface area contributed by atoms with Gasteiger partial charge in [-0.25, -0.2) is 0 Å². The largest absolute Gasteiger partial charge is 0.462 e. The van der Waals surface area contributed by atoms with Gasteiger partial charge in [-0.2, -0.15) is 0 Å². The number of hydrogen-bond acceptors (Lipinski definition) is 6. The van der Waals surface area contributed by atoms with Gasteiger partial charge in [0.05, 0.1) is 0 Å². The summed E-state index contributed by atoms with van der Waals surface area (Å²) >= 11 is 0. The van der Waals surface area contributed by atoms with E-state index in [1.165, 1.54) is 244 Å². The molecule has 1 atom stereocenters. The first-order valence-corrected chi connectivity index (χ1v) is 33.0. The van der Waals surface area contributed by atoms with E-state index in [4.69, 9.17) is 14.2 Å². The summed E-state index contributed by atoms with van der Waals surface area (Å²) in [6.45, 7) is 6.67. The Morgan fingerprint density at radius 3 is 0.784 bits per heavy atom. The summed E-state index contributed by atoms with van der Waals surface area (Å²) in [5, 5.41) is 0. The molecule has 0 saturated heterocycles. The van der Waals surface area contributed by atoms with Crippen LogP contribution in [0.1, 0.15) is 361 Å². The van der Waals surface area contributed by atoms with E-state index in [2.05, 4.69) is 57.2 Å². The van der Waals surface area contributed by atoms with E-state index in [0.29, 0.717) is 19.3 Å². The summed E-state index contributed by atoms with van der Waals surface area (Å²) in [5.41, 5.74) is 0. The Morgan fingerprint density at radius 2 is 0.486 bits per heavy atom. The van der Waals surface area contributed by atoms with Crippen LogP contribution in [0.4, 0.5) is 0 Å². The fraction of sp³-hybridized carbons (Fsp3) is 0.868. The van der Waals surface area contributed by atoms with E-state index >= 15 is 0 Å². The first-order valence-electron chi connectivity index (χ1n) is 33.0. The van der Waals surface area contributed by atoms with Crippen LogP contribution in [0.2, 0.25) is 0 Å². The van der Waals surface area contributed by atoms with Crippen molar-refractivity contribution in [2.45, 2.75) is 367 Å². The van der Waals surface area contributed by atoms with E-state index in [1.807, 2.05) is 0 Å². The second kappa shape index (κ2) is 63.2. The lowest BCUT2D eigenvalue weighted by Gasteiger charge is -2.18. The number of carbonyl (C=O) groups excluding carboxylic acids is 3. The van der Waals surface area contributed by atoms with Gasteiger partial charge in [-0.3, -0.25) is 14.4 Å². The van der Waals surface area contributed by atoms with Gasteiger partial charge in [0.2, 0.25) is 0 Å². The first kappa shape index (κ1) is 71.6. The lowest BCUT2D eigenvalue weighted by molar-refractivity contribution is -0.167. The molecule has 6 nitrogen and oxygen atoms in total. The summed E-state index contributed by atoms with van der Waals surface area (Å²) in [4.78, 5) is 38.3. The standard InChI is InChI=1S/C68H126O6/c1-4-7-10-13-16-19-22-25-28-30-32-33-34-36-37-40-43-46-49-52-55-58-61-67(70)73-64-65(63-72-66(69)60-57-54-51-48-45-42-39-27-24-21-18-15-12-9-6-3)74-68(71)62-59-56-53-50-47-44-41-38-35-31-29-26-23-20-17-14-11-8-5-2/h17,20,26,29,35,38,65H,4-16,18-19,21-25,27-28,30-34,36-37,39-64H2,1-3H3/b20-17-,29-26-,38-35-. The average Bonchev–Trinajstić information content (AvgIpc) is 3.40. The molecule has 0 heterocycles. The summed E-state index contributed by atoms with van der Waals surface area (Å²) in [7, 11) is 0. The van der Waals surface area contributed by atoms with E-state index in [1.54, 1.807) is 0 Å². The van der Waals surface area contributed by atoms with Gasteiger partial charge in [-0.15, -0.1) is 0 Å². The third-order valence-corrected chi connectivity index (χ3v) is 14.9. The molecule has 0 spiro atoms. The molecular formula is C68H126O6. The van der Waals surface area contributed by atoms with Crippen LogP contribution < -0.4 is 0 Å². The van der Waals surface area contributed by atoms with Gasteiger partial charge in [-0.1, -0.05) is 320 Å². The van der Waals surface area contributed by atoms with Crippen molar-refractivity contribution in [3.05, 3.63) is 36.5 Å². The summed E-state index contributed by atoms with van der Waals surface area (Å²) in [5.74, 6) is -0.857. The number of ether oxygens (including phenoxy) is 3. The van der Waals surface area contributed by atoms with Crippen LogP contribution in [0.15, 0.2) is 36.5 Å². The number of unbranched alkanes of at least 4 members (excludes halogenated alkanes) is 44. The molecular weight excluding hydrogens is 913 g/mol. The lowest BCUT2D eigenvalue weighted by atomic mass is 10.0. The SMILES string of the molecule is CCCCC/C=C\C/C=C\C/C=C\CCCCCCCCC(=O)OC(COC(=O)CCCCCCCCCCCCCCCCC)COC(=O)CCCCCCCCCCCCCCCCCCCCCCCC. The molecule has 0 bridgehead atoms. The van der Waals surface area contributed by atoms with Crippen molar-refractivity contribution < 1.29 is 28.6 Å². The Morgan fingerprint density at radius 1 is 0.270 bits per heavy atom. The molecule has 0 N–H and O–H groups in total. The highest BCUT2D eigenvalue weighted by molar-refractivity contribution is 5.71. The maximum Gasteiger partial charge on any atom is 0.306 e. The quantitative estimate of drug-likeness (QED) is 0.0261. The van der Waals surface area contributed by atoms with Crippen LogP contribution in [0.25, 0.3) is 0 Å². The molecule has 0 fully saturated rings. The maximum absolute atomic E-state index is 12.9. The predicted molar refractivity (Wildman–Crippen MR) is 321 cm³/mol. The molecule has 0 aromatic rings. The van der Waals surface area contributed by atoms with E-state index in [0.717, 1.165) is 77.0 Å². The van der Waals surface area contributed by atoms with Crippen LogP contribution in [0, 0.1) is 0 Å². The topological polar surface area (TPSA) is 78.9 Å². The molecule has 0 aliphatic rings. The molecule has 0 rings (SSSR count). The van der Waals surface area contributed by atoms with Crippen LogP contribution in [0.3, 0.4) is 0 Å².